The minimum absolute atomic E-state index is 0.0169. The molecule has 0 aromatic heterocycles. The highest BCUT2D eigenvalue weighted by Gasteiger charge is 2.22. The van der Waals surface area contributed by atoms with Crippen LogP contribution >= 0.6 is 0 Å². The van der Waals surface area contributed by atoms with Crippen molar-refractivity contribution in [2.45, 2.75) is 45.1 Å². The van der Waals surface area contributed by atoms with Crippen LogP contribution in [0.3, 0.4) is 0 Å². The fourth-order valence-corrected chi connectivity index (χ4v) is 2.97. The predicted molar refractivity (Wildman–Crippen MR) is 116 cm³/mol. The Morgan fingerprint density at radius 2 is 1.60 bits per heavy atom. The molecule has 6 heteroatoms. The van der Waals surface area contributed by atoms with Gasteiger partial charge in [0.25, 0.3) is 5.91 Å². The van der Waals surface area contributed by atoms with Gasteiger partial charge in [0.1, 0.15) is 6.04 Å². The monoisotopic (exact) mass is 410 g/mol. The number of nitrogens with one attached hydrogen (secondary N) is 2. The van der Waals surface area contributed by atoms with Gasteiger partial charge in [-0.25, -0.2) is 4.79 Å². The lowest BCUT2D eigenvalue weighted by atomic mass is 9.87. The summed E-state index contributed by atoms with van der Waals surface area (Å²) in [5, 5.41) is 5.43. The summed E-state index contributed by atoms with van der Waals surface area (Å²) in [5.74, 6) is -1.07. The van der Waals surface area contributed by atoms with Crippen LogP contribution in [0.25, 0.3) is 0 Å². The van der Waals surface area contributed by atoms with Gasteiger partial charge in [0.15, 0.2) is 0 Å². The van der Waals surface area contributed by atoms with Gasteiger partial charge in [-0.05, 0) is 28.7 Å². The molecule has 0 aliphatic heterocycles. The molecule has 0 bridgehead atoms. The first-order valence-corrected chi connectivity index (χ1v) is 10.0. The third kappa shape index (κ3) is 7.03. The first kappa shape index (κ1) is 23.1. The molecule has 1 atom stereocenters. The number of carbonyl (C=O) groups is 3. The van der Waals surface area contributed by atoms with Crippen LogP contribution < -0.4 is 10.6 Å². The SMILES string of the molecule is COC(=O)[C@@H](Cc1ccccc1)NC(=O)CCNC(=O)c1ccc(C(C)(C)C)cc1. The molecular formula is C24H30N2O4. The van der Waals surface area contributed by atoms with Crippen LogP contribution in [0.5, 0.6) is 0 Å². The van der Waals surface area contributed by atoms with Crippen LogP contribution in [0, 0.1) is 0 Å². The lowest BCUT2D eigenvalue weighted by Gasteiger charge is -2.19. The Morgan fingerprint density at radius 1 is 0.967 bits per heavy atom. The van der Waals surface area contributed by atoms with Gasteiger partial charge in [-0.2, -0.15) is 0 Å². The highest BCUT2D eigenvalue weighted by atomic mass is 16.5. The molecule has 2 N–H and O–H groups in total. The molecule has 2 aromatic carbocycles. The molecule has 0 radical (unpaired) electrons. The molecule has 2 aromatic rings. The average Bonchev–Trinajstić information content (AvgIpc) is 2.72. The van der Waals surface area contributed by atoms with Crippen molar-refractivity contribution in [2.24, 2.45) is 0 Å². The molecular weight excluding hydrogens is 380 g/mol. The molecule has 2 amide bonds. The lowest BCUT2D eigenvalue weighted by molar-refractivity contribution is -0.145. The molecule has 0 spiro atoms. The Morgan fingerprint density at radius 3 is 2.17 bits per heavy atom. The maximum Gasteiger partial charge on any atom is 0.328 e. The molecule has 0 saturated heterocycles. The Balaban J connectivity index is 1.85. The fraction of sp³-hybridized carbons (Fsp3) is 0.375. The van der Waals surface area contributed by atoms with Crippen molar-refractivity contribution in [1.82, 2.24) is 10.6 Å². The number of methoxy groups -OCH3 is 1. The van der Waals surface area contributed by atoms with Crippen LogP contribution in [-0.4, -0.2) is 37.5 Å². The zero-order valence-corrected chi connectivity index (χ0v) is 18.0. The summed E-state index contributed by atoms with van der Waals surface area (Å²) >= 11 is 0. The predicted octanol–water partition coefficient (Wildman–Crippen LogP) is 3.00. The molecule has 0 heterocycles. The summed E-state index contributed by atoms with van der Waals surface area (Å²) in [5.41, 5.74) is 2.62. The Bertz CT molecular complexity index is 855. The second kappa shape index (κ2) is 10.6. The van der Waals surface area contributed by atoms with E-state index >= 15 is 0 Å². The molecule has 160 valence electrons. The lowest BCUT2D eigenvalue weighted by Crippen LogP contribution is -2.44. The van der Waals surface area contributed by atoms with Gasteiger partial charge < -0.3 is 15.4 Å². The van der Waals surface area contributed by atoms with E-state index in [1.165, 1.54) is 7.11 Å². The van der Waals surface area contributed by atoms with Crippen molar-refractivity contribution in [1.29, 1.82) is 0 Å². The van der Waals surface area contributed by atoms with E-state index in [9.17, 15) is 14.4 Å². The van der Waals surface area contributed by atoms with Gasteiger partial charge in [-0.3, -0.25) is 9.59 Å². The minimum atomic E-state index is -0.773. The van der Waals surface area contributed by atoms with Gasteiger partial charge in [0.2, 0.25) is 5.91 Å². The van der Waals surface area contributed by atoms with Crippen molar-refractivity contribution in [3.8, 4) is 0 Å². The smallest absolute Gasteiger partial charge is 0.328 e. The van der Waals surface area contributed by atoms with E-state index in [0.29, 0.717) is 12.0 Å². The van der Waals surface area contributed by atoms with Gasteiger partial charge in [0, 0.05) is 24.9 Å². The summed E-state index contributed by atoms with van der Waals surface area (Å²) in [4.78, 5) is 36.6. The number of ether oxygens (including phenoxy) is 1. The van der Waals surface area contributed by atoms with Crippen LogP contribution in [0.1, 0.15) is 48.7 Å². The van der Waals surface area contributed by atoms with Crippen LogP contribution in [0.15, 0.2) is 54.6 Å². The zero-order valence-electron chi connectivity index (χ0n) is 18.0. The highest BCUT2D eigenvalue weighted by Crippen LogP contribution is 2.22. The molecule has 6 nitrogen and oxygen atoms in total. The van der Waals surface area contributed by atoms with Gasteiger partial charge in [-0.1, -0.05) is 63.2 Å². The van der Waals surface area contributed by atoms with Crippen molar-refractivity contribution in [3.63, 3.8) is 0 Å². The maximum absolute atomic E-state index is 12.3. The first-order chi connectivity index (χ1) is 14.2. The third-order valence-corrected chi connectivity index (χ3v) is 4.75. The van der Waals surface area contributed by atoms with Gasteiger partial charge in [-0.15, -0.1) is 0 Å². The molecule has 30 heavy (non-hydrogen) atoms. The van der Waals surface area contributed by atoms with Crippen molar-refractivity contribution in [3.05, 3.63) is 71.3 Å². The molecule has 0 aliphatic rings. The van der Waals surface area contributed by atoms with E-state index < -0.39 is 12.0 Å². The van der Waals surface area contributed by atoms with E-state index in [1.54, 1.807) is 12.1 Å². The number of hydrogen-bond acceptors (Lipinski definition) is 4. The van der Waals surface area contributed by atoms with Crippen molar-refractivity contribution >= 4 is 17.8 Å². The van der Waals surface area contributed by atoms with Crippen LogP contribution in [0.4, 0.5) is 0 Å². The Kier molecular flexibility index (Phi) is 8.16. The number of esters is 1. The molecule has 0 unspecified atom stereocenters. The molecule has 0 aliphatic carbocycles. The van der Waals surface area contributed by atoms with Gasteiger partial charge in [0.05, 0.1) is 7.11 Å². The summed E-state index contributed by atoms with van der Waals surface area (Å²) < 4.78 is 4.80. The van der Waals surface area contributed by atoms with E-state index in [0.717, 1.165) is 11.1 Å². The second-order valence-electron chi connectivity index (χ2n) is 8.17. The van der Waals surface area contributed by atoms with Crippen LogP contribution in [-0.2, 0) is 26.2 Å². The van der Waals surface area contributed by atoms with Crippen molar-refractivity contribution < 1.29 is 19.1 Å². The summed E-state index contributed by atoms with van der Waals surface area (Å²) in [6.07, 6.45) is 0.403. The van der Waals surface area contributed by atoms with E-state index in [4.69, 9.17) is 4.74 Å². The number of hydrogen-bond donors (Lipinski definition) is 2. The van der Waals surface area contributed by atoms with Gasteiger partial charge >= 0.3 is 5.97 Å². The number of rotatable bonds is 8. The largest absolute Gasteiger partial charge is 0.467 e. The fourth-order valence-electron chi connectivity index (χ4n) is 2.97. The van der Waals surface area contributed by atoms with E-state index in [2.05, 4.69) is 31.4 Å². The van der Waals surface area contributed by atoms with E-state index in [1.807, 2.05) is 42.5 Å². The molecule has 0 fully saturated rings. The normalized spacial score (nSPS) is 12.0. The minimum Gasteiger partial charge on any atom is -0.467 e. The molecule has 2 rings (SSSR count). The number of carbonyl (C=O) groups excluding carboxylic acids is 3. The summed E-state index contributed by atoms with van der Waals surface area (Å²) in [7, 11) is 1.29. The Hall–Kier alpha value is -3.15. The number of benzene rings is 2. The molecule has 0 saturated carbocycles. The third-order valence-electron chi connectivity index (χ3n) is 4.75. The van der Waals surface area contributed by atoms with Crippen LogP contribution in [0.2, 0.25) is 0 Å². The van der Waals surface area contributed by atoms with Crippen molar-refractivity contribution in [2.75, 3.05) is 13.7 Å². The summed E-state index contributed by atoms with van der Waals surface area (Å²) in [6, 6.07) is 16.1. The average molecular weight is 411 g/mol. The Labute approximate surface area is 178 Å². The zero-order chi connectivity index (χ0) is 22.1. The standard InChI is InChI=1S/C24H30N2O4/c1-24(2,3)19-12-10-18(11-13-19)22(28)25-15-14-21(27)26-20(23(29)30-4)16-17-8-6-5-7-9-17/h5-13,20H,14-16H2,1-4H3,(H,25,28)(H,26,27)/t20-/m1/s1. The topological polar surface area (TPSA) is 84.5 Å². The maximum atomic E-state index is 12.3. The number of amides is 2. The quantitative estimate of drug-likeness (QED) is 0.655. The highest BCUT2D eigenvalue weighted by molar-refractivity contribution is 5.94. The first-order valence-electron chi connectivity index (χ1n) is 10.0. The second-order valence-corrected chi connectivity index (χ2v) is 8.17. The summed E-state index contributed by atoms with van der Waals surface area (Å²) in [6.45, 7) is 6.51. The van der Waals surface area contributed by atoms with E-state index in [-0.39, 0.29) is 30.2 Å².